The summed E-state index contributed by atoms with van der Waals surface area (Å²) in [5.41, 5.74) is 15.0. The summed E-state index contributed by atoms with van der Waals surface area (Å²) >= 11 is 2.68. The molecule has 3 aromatic rings. The van der Waals surface area contributed by atoms with Crippen molar-refractivity contribution >= 4 is 63.4 Å². The van der Waals surface area contributed by atoms with Gasteiger partial charge in [0.05, 0.1) is 0 Å². The van der Waals surface area contributed by atoms with E-state index in [4.69, 9.17) is 0 Å². The fourth-order valence-electron chi connectivity index (χ4n) is 9.20. The molecule has 0 unspecified atom stereocenters. The summed E-state index contributed by atoms with van der Waals surface area (Å²) in [6.45, 7) is 47.1. The maximum absolute atomic E-state index is 2.91. The number of rotatable bonds is 7. The van der Waals surface area contributed by atoms with Crippen LogP contribution in [0.5, 0.6) is 0 Å². The van der Waals surface area contributed by atoms with E-state index in [1.807, 2.05) is 0 Å². The predicted molar refractivity (Wildman–Crippen MR) is 221 cm³/mol. The van der Waals surface area contributed by atoms with Crippen LogP contribution in [0, 0.1) is 41.5 Å². The molecule has 3 aromatic carbocycles. The molecule has 4 rings (SSSR count). The molecule has 0 saturated heterocycles. The van der Waals surface area contributed by atoms with Gasteiger partial charge in [-0.15, -0.1) is 0 Å². The Morgan fingerprint density at radius 2 is 0.560 bits per heavy atom. The third kappa shape index (κ3) is 7.60. The van der Waals surface area contributed by atoms with Gasteiger partial charge in [0.2, 0.25) is 0 Å². The summed E-state index contributed by atoms with van der Waals surface area (Å²) in [6, 6.07) is 16.1. The van der Waals surface area contributed by atoms with Gasteiger partial charge in [0.25, 0.3) is 0 Å². The Bertz CT molecular complexity index is 1660. The Morgan fingerprint density at radius 3 is 0.760 bits per heavy atom. The van der Waals surface area contributed by atoms with Crippen molar-refractivity contribution in [3.05, 3.63) is 92.1 Å². The quantitative estimate of drug-likeness (QED) is 0.225. The molecule has 8 heteroatoms. The summed E-state index contributed by atoms with van der Waals surface area (Å²) in [4.78, 5) is 0. The number of hydrogen-bond acceptors (Lipinski definition) is 0. The summed E-state index contributed by atoms with van der Waals surface area (Å²) in [5.74, 6) is 0. The Hall–Kier alpha value is -0.408. The monoisotopic (exact) mass is 832 g/mol. The fourth-order valence-corrected chi connectivity index (χ4v) is 24.3. The van der Waals surface area contributed by atoms with Gasteiger partial charge < -0.3 is 37.2 Å². The molecule has 0 spiro atoms. The summed E-state index contributed by atoms with van der Waals surface area (Å²) in [5, 5.41) is 9.81. The van der Waals surface area contributed by atoms with Crippen molar-refractivity contribution in [2.75, 3.05) is 0 Å². The van der Waals surface area contributed by atoms with Crippen molar-refractivity contribution in [2.45, 2.75) is 132 Å². The van der Waals surface area contributed by atoms with E-state index in [1.165, 1.54) is 44.5 Å². The topological polar surface area (TPSA) is 0 Å². The van der Waals surface area contributed by atoms with Gasteiger partial charge in [0, 0.05) is 0 Å². The fraction of sp³-hybridized carbons (Fsp3) is 0.476. The third-order valence-electron chi connectivity index (χ3n) is 11.7. The van der Waals surface area contributed by atoms with E-state index in [-0.39, 0.29) is 40.6 Å². The zero-order valence-corrected chi connectivity index (χ0v) is 42.4. The van der Waals surface area contributed by atoms with Gasteiger partial charge in [-0.1, -0.05) is 0 Å². The van der Waals surface area contributed by atoms with E-state index in [2.05, 4.69) is 185 Å². The van der Waals surface area contributed by atoms with Crippen LogP contribution in [0.2, 0.25) is 62.3 Å². The normalized spacial score (nSPS) is 15.1. The van der Waals surface area contributed by atoms with Crippen LogP contribution in [0.3, 0.4) is 0 Å². The SMILES string of the molecule is CC1=C(C)[C]([Ti+3])([Si](c2cc([Si](C)(C)C)c(C)cc2C)(c2cc([Si](C)(C)C)c(C)cc2C)c2cc([Si](C)(C)C)c(C)cc2C)C(C)=C1C.[Cl-].[Cl-].[Cl-]. The first-order chi connectivity index (χ1) is 21.2. The van der Waals surface area contributed by atoms with Gasteiger partial charge in [0.15, 0.2) is 0 Å². The molecule has 1 aliphatic rings. The van der Waals surface area contributed by atoms with Crippen LogP contribution in [0.4, 0.5) is 0 Å². The number of halogens is 3. The van der Waals surface area contributed by atoms with Crippen LogP contribution in [-0.2, 0) is 20.4 Å². The van der Waals surface area contributed by atoms with Crippen LogP contribution in [-0.4, -0.2) is 32.3 Å². The van der Waals surface area contributed by atoms with Crippen LogP contribution in [0.1, 0.15) is 61.1 Å². The van der Waals surface area contributed by atoms with Gasteiger partial charge in [-0.2, -0.15) is 0 Å². The molecular weight excluding hydrogens is 771 g/mol. The van der Waals surface area contributed by atoms with Gasteiger partial charge in [-0.25, -0.2) is 0 Å². The van der Waals surface area contributed by atoms with Gasteiger partial charge in [0.1, 0.15) is 0 Å². The third-order valence-corrected chi connectivity index (χ3v) is 27.0. The van der Waals surface area contributed by atoms with E-state index < -0.39 is 32.3 Å². The molecule has 1 aliphatic carbocycles. The maximum atomic E-state index is 2.78. The Morgan fingerprint density at radius 1 is 0.360 bits per heavy atom. The molecule has 0 N–H and O–H groups in total. The van der Waals surface area contributed by atoms with Crippen LogP contribution in [0.25, 0.3) is 0 Å². The number of allylic oxidation sites excluding steroid dienone is 4. The number of aryl methyl sites for hydroxylation is 6. The second-order valence-electron chi connectivity index (χ2n) is 18.2. The van der Waals surface area contributed by atoms with Gasteiger partial charge in [-0.05, 0) is 0 Å². The van der Waals surface area contributed by atoms with E-state index >= 15 is 0 Å². The van der Waals surface area contributed by atoms with Crippen molar-refractivity contribution in [1.82, 2.24) is 0 Å². The smallest absolute Gasteiger partial charge is 1.00 e. The average molecular weight is 835 g/mol. The molecule has 0 amide bonds. The van der Waals surface area contributed by atoms with Gasteiger partial charge >= 0.3 is 307 Å². The summed E-state index contributed by atoms with van der Waals surface area (Å²) in [7, 11) is -7.86. The van der Waals surface area contributed by atoms with Crippen molar-refractivity contribution in [1.29, 1.82) is 0 Å². The van der Waals surface area contributed by atoms with E-state index in [0.29, 0.717) is 0 Å². The standard InChI is InChI=1S/C42H63Si4.3ClH.Ti/c1-26-20-29(4)39(23-36(26)43(11,12)13)46(42-34(9)32(7)33(8)35(42)10,40-24-37(44(14,15)16)27(2)21-30(40)5)41-25-38(45(17,18)19)28(3)22-31(41)6;;;;/h20-25H,1-19H3;3*1H;/q;;;;+3/p-3. The second-order valence-corrected chi connectivity index (χ2v) is 39.1. The van der Waals surface area contributed by atoms with Crippen LogP contribution < -0.4 is 68.3 Å². The molecule has 0 heterocycles. The molecule has 0 nitrogen and oxygen atoms in total. The van der Waals surface area contributed by atoms with E-state index in [1.54, 1.807) is 42.3 Å². The maximum Gasteiger partial charge on any atom is -1.00 e. The minimum atomic E-state index is -2.91. The van der Waals surface area contributed by atoms with Crippen molar-refractivity contribution < 1.29 is 57.7 Å². The minimum absolute atomic E-state index is 0. The first-order valence-corrected chi connectivity index (χ1v) is 31.0. The van der Waals surface area contributed by atoms with Crippen molar-refractivity contribution in [2.24, 2.45) is 0 Å². The number of hydrogen-bond donors (Lipinski definition) is 0. The molecule has 0 bridgehead atoms. The van der Waals surface area contributed by atoms with Crippen LogP contribution >= 0.6 is 0 Å². The van der Waals surface area contributed by atoms with Crippen molar-refractivity contribution in [3.63, 3.8) is 0 Å². The average Bonchev–Trinajstić information content (AvgIpc) is 3.05. The first kappa shape index (κ1) is 47.6. The Labute approximate surface area is 341 Å². The molecule has 0 aromatic heterocycles. The molecular formula is C42H63Cl3Si4Ti. The Kier molecular flexibility index (Phi) is 15.0. The summed E-state index contributed by atoms with van der Waals surface area (Å²) < 4.78 is -0.120. The van der Waals surface area contributed by atoms with E-state index in [9.17, 15) is 0 Å². The minimum Gasteiger partial charge on any atom is -1.00 e. The number of benzene rings is 3. The second kappa shape index (κ2) is 15.8. The first-order valence-electron chi connectivity index (χ1n) is 17.7. The largest absolute Gasteiger partial charge is 1.00 e. The zero-order valence-electron chi connectivity index (χ0n) is 34.6. The van der Waals surface area contributed by atoms with Gasteiger partial charge in [-0.3, -0.25) is 0 Å². The molecule has 0 saturated carbocycles. The molecule has 0 radical (unpaired) electrons. The van der Waals surface area contributed by atoms with Crippen molar-refractivity contribution in [3.8, 4) is 0 Å². The predicted octanol–water partition coefficient (Wildman–Crippen LogP) is -0.414. The van der Waals surface area contributed by atoms with E-state index in [0.717, 1.165) is 0 Å². The Balaban J connectivity index is 0.00000417. The molecule has 50 heavy (non-hydrogen) atoms. The summed E-state index contributed by atoms with van der Waals surface area (Å²) in [6.07, 6.45) is 0. The molecule has 272 valence electrons. The molecule has 0 fully saturated rings. The molecule has 0 atom stereocenters. The zero-order chi connectivity index (χ0) is 36.0. The molecule has 0 aliphatic heterocycles. The van der Waals surface area contributed by atoms with Crippen LogP contribution in [0.15, 0.2) is 58.7 Å².